The molecule has 3 aromatic rings. The highest BCUT2D eigenvalue weighted by molar-refractivity contribution is 5.93. The summed E-state index contributed by atoms with van der Waals surface area (Å²) in [6, 6.07) is 4.78. The maximum Gasteiger partial charge on any atom is 0.416 e. The summed E-state index contributed by atoms with van der Waals surface area (Å²) in [5.74, 6) is 0.208. The Morgan fingerprint density at radius 1 is 1.30 bits per heavy atom. The average Bonchev–Trinajstić information content (AvgIpc) is 3.23. The first kappa shape index (κ1) is 18.7. The second-order valence-electron chi connectivity index (χ2n) is 6.03. The lowest BCUT2D eigenvalue weighted by atomic mass is 10.1. The molecule has 0 spiro atoms. The highest BCUT2D eigenvalue weighted by Crippen LogP contribution is 2.33. The molecule has 0 atom stereocenters. The highest BCUT2D eigenvalue weighted by atomic mass is 19.4. The summed E-state index contributed by atoms with van der Waals surface area (Å²) in [5.41, 5.74) is 1.05. The Morgan fingerprint density at radius 3 is 2.67 bits per heavy atom. The monoisotopic (exact) mass is 378 g/mol. The molecule has 27 heavy (non-hydrogen) atoms. The zero-order chi connectivity index (χ0) is 19.6. The molecule has 1 amide bonds. The van der Waals surface area contributed by atoms with Crippen LogP contribution in [-0.2, 0) is 17.4 Å². The van der Waals surface area contributed by atoms with Gasteiger partial charge in [0.25, 0.3) is 0 Å². The van der Waals surface area contributed by atoms with Crippen LogP contribution in [0, 0.1) is 13.8 Å². The molecule has 2 heterocycles. The van der Waals surface area contributed by atoms with Crippen LogP contribution in [0.5, 0.6) is 0 Å². The molecule has 0 saturated heterocycles. The number of aromatic nitrogens is 3. The third kappa shape index (κ3) is 4.18. The molecule has 0 saturated carbocycles. The van der Waals surface area contributed by atoms with Crippen molar-refractivity contribution >= 4 is 11.6 Å². The Morgan fingerprint density at radius 2 is 2.07 bits per heavy atom. The van der Waals surface area contributed by atoms with Gasteiger partial charge in [-0.3, -0.25) is 4.79 Å². The van der Waals surface area contributed by atoms with Crippen molar-refractivity contribution in [3.8, 4) is 5.69 Å². The molecule has 0 aliphatic carbocycles. The topological polar surface area (TPSA) is 73.0 Å². The molecule has 6 nitrogen and oxygen atoms in total. The fraction of sp³-hybridized carbons (Fsp3) is 0.278. The third-order valence-corrected chi connectivity index (χ3v) is 4.13. The zero-order valence-electron chi connectivity index (χ0n) is 14.7. The van der Waals surface area contributed by atoms with E-state index in [1.807, 2.05) is 0 Å². The van der Waals surface area contributed by atoms with E-state index >= 15 is 0 Å². The third-order valence-electron chi connectivity index (χ3n) is 4.13. The number of amides is 1. The summed E-state index contributed by atoms with van der Waals surface area (Å²) in [5, 5.41) is 10.4. The van der Waals surface area contributed by atoms with Crippen molar-refractivity contribution in [1.82, 2.24) is 14.9 Å². The van der Waals surface area contributed by atoms with Crippen LogP contribution < -0.4 is 5.32 Å². The van der Waals surface area contributed by atoms with E-state index in [9.17, 15) is 18.0 Å². The number of anilines is 1. The number of hydrogen-bond acceptors (Lipinski definition) is 4. The fourth-order valence-electron chi connectivity index (χ4n) is 2.73. The van der Waals surface area contributed by atoms with E-state index in [2.05, 4.69) is 15.6 Å². The normalized spacial score (nSPS) is 11.6. The largest absolute Gasteiger partial charge is 0.416 e. The summed E-state index contributed by atoms with van der Waals surface area (Å²) in [4.78, 5) is 12.3. The Balaban J connectivity index is 1.82. The predicted octanol–water partition coefficient (Wildman–Crippen LogP) is 4.07. The van der Waals surface area contributed by atoms with Crippen LogP contribution in [-0.4, -0.2) is 20.8 Å². The van der Waals surface area contributed by atoms with Gasteiger partial charge in [-0.25, -0.2) is 4.68 Å². The number of nitrogens with one attached hydrogen (secondary N) is 1. The first-order chi connectivity index (χ1) is 12.8. The van der Waals surface area contributed by atoms with Gasteiger partial charge in [0.2, 0.25) is 5.91 Å². The lowest BCUT2D eigenvalue weighted by molar-refractivity contribution is -0.137. The minimum Gasteiger partial charge on any atom is -0.361 e. The number of hydrogen-bond donors (Lipinski definition) is 1. The molecule has 1 aromatic carbocycles. The first-order valence-corrected chi connectivity index (χ1v) is 8.18. The average molecular weight is 378 g/mol. The number of benzene rings is 1. The van der Waals surface area contributed by atoms with E-state index in [0.717, 1.165) is 17.7 Å². The van der Waals surface area contributed by atoms with Crippen LogP contribution in [0.2, 0.25) is 0 Å². The van der Waals surface area contributed by atoms with Crippen molar-refractivity contribution in [3.63, 3.8) is 0 Å². The zero-order valence-corrected chi connectivity index (χ0v) is 14.7. The summed E-state index contributed by atoms with van der Waals surface area (Å²) in [7, 11) is 0. The summed E-state index contributed by atoms with van der Waals surface area (Å²) in [6.45, 7) is 3.52. The number of halogens is 3. The highest BCUT2D eigenvalue weighted by Gasteiger charge is 2.31. The number of carbonyl (C=O) groups excluding carboxylic acids is 1. The number of aryl methyl sites for hydroxylation is 2. The summed E-state index contributed by atoms with van der Waals surface area (Å²) in [6.07, 6.45) is -0.970. The van der Waals surface area contributed by atoms with Gasteiger partial charge in [-0.15, -0.1) is 0 Å². The SMILES string of the molecule is Cc1noc(C)c1CCC(=O)Nc1cc(C(F)(F)F)ccc1-n1cccn1. The molecule has 0 bridgehead atoms. The van der Waals surface area contributed by atoms with Crippen molar-refractivity contribution in [1.29, 1.82) is 0 Å². The molecule has 1 N–H and O–H groups in total. The molecule has 0 aliphatic rings. The van der Waals surface area contributed by atoms with Crippen LogP contribution in [0.4, 0.5) is 18.9 Å². The standard InChI is InChI=1S/C18H17F3N4O2/c1-11-14(12(2)27-24-11)5-7-17(26)23-15-10-13(18(19,20)21)4-6-16(15)25-9-3-8-22-25/h3-4,6,8-10H,5,7H2,1-2H3,(H,23,26). The lowest BCUT2D eigenvalue weighted by Crippen LogP contribution is -2.16. The van der Waals surface area contributed by atoms with E-state index in [-0.39, 0.29) is 12.1 Å². The quantitative estimate of drug-likeness (QED) is 0.726. The maximum atomic E-state index is 13.0. The van der Waals surface area contributed by atoms with Gasteiger partial charge >= 0.3 is 6.18 Å². The van der Waals surface area contributed by atoms with Crippen LogP contribution in [0.15, 0.2) is 41.2 Å². The number of rotatable bonds is 5. The lowest BCUT2D eigenvalue weighted by Gasteiger charge is -2.14. The van der Waals surface area contributed by atoms with Gasteiger partial charge in [-0.1, -0.05) is 5.16 Å². The fourth-order valence-corrected chi connectivity index (χ4v) is 2.73. The van der Waals surface area contributed by atoms with Crippen LogP contribution in [0.25, 0.3) is 5.69 Å². The minimum absolute atomic E-state index is 0.0392. The number of nitrogens with zero attached hydrogens (tertiary/aromatic N) is 3. The Bertz CT molecular complexity index is 927. The molecule has 0 radical (unpaired) electrons. The first-order valence-electron chi connectivity index (χ1n) is 8.18. The van der Waals surface area contributed by atoms with E-state index in [1.165, 1.54) is 16.9 Å². The van der Waals surface area contributed by atoms with Crippen LogP contribution >= 0.6 is 0 Å². The van der Waals surface area contributed by atoms with Gasteiger partial charge < -0.3 is 9.84 Å². The van der Waals surface area contributed by atoms with E-state index < -0.39 is 17.6 Å². The van der Waals surface area contributed by atoms with Gasteiger partial charge in [-0.05, 0) is 44.5 Å². The minimum atomic E-state index is -4.52. The van der Waals surface area contributed by atoms with Crippen molar-refractivity contribution < 1.29 is 22.5 Å². The van der Waals surface area contributed by atoms with Gasteiger partial charge in [0.05, 0.1) is 22.6 Å². The van der Waals surface area contributed by atoms with Crippen molar-refractivity contribution in [3.05, 3.63) is 59.2 Å². The Labute approximate surface area is 153 Å². The molecule has 3 rings (SSSR count). The van der Waals surface area contributed by atoms with Crippen LogP contribution in [0.3, 0.4) is 0 Å². The summed E-state index contributed by atoms with van der Waals surface area (Å²) < 4.78 is 45.6. The van der Waals surface area contributed by atoms with Crippen LogP contribution in [0.1, 0.15) is 29.0 Å². The van der Waals surface area contributed by atoms with Crippen molar-refractivity contribution in [2.45, 2.75) is 32.9 Å². The van der Waals surface area contributed by atoms with E-state index in [0.29, 0.717) is 23.6 Å². The van der Waals surface area contributed by atoms with Gasteiger partial charge in [-0.2, -0.15) is 18.3 Å². The predicted molar refractivity (Wildman–Crippen MR) is 91.5 cm³/mol. The van der Waals surface area contributed by atoms with Gasteiger partial charge in [0, 0.05) is 24.4 Å². The summed E-state index contributed by atoms with van der Waals surface area (Å²) >= 11 is 0. The Kier molecular flexibility index (Phi) is 5.02. The molecule has 2 aromatic heterocycles. The van der Waals surface area contributed by atoms with Gasteiger partial charge in [0.15, 0.2) is 0 Å². The number of alkyl halides is 3. The van der Waals surface area contributed by atoms with Gasteiger partial charge in [0.1, 0.15) is 5.76 Å². The molecule has 142 valence electrons. The second-order valence-corrected chi connectivity index (χ2v) is 6.03. The second kappa shape index (κ2) is 7.26. The molecule has 9 heteroatoms. The maximum absolute atomic E-state index is 13.0. The van der Waals surface area contributed by atoms with Crippen molar-refractivity contribution in [2.24, 2.45) is 0 Å². The molecule has 0 unspecified atom stereocenters. The van der Waals surface area contributed by atoms with Crippen molar-refractivity contribution in [2.75, 3.05) is 5.32 Å². The molecule has 0 fully saturated rings. The molecular formula is C18H17F3N4O2. The number of carbonyl (C=O) groups is 1. The van der Waals surface area contributed by atoms with E-state index in [4.69, 9.17) is 4.52 Å². The smallest absolute Gasteiger partial charge is 0.361 e. The van der Waals surface area contributed by atoms with E-state index in [1.54, 1.807) is 26.1 Å². The molecular weight excluding hydrogens is 361 g/mol. The Hall–Kier alpha value is -3.10. The molecule has 0 aliphatic heterocycles.